The third-order valence-corrected chi connectivity index (χ3v) is 5.72. The van der Waals surface area contributed by atoms with Gasteiger partial charge in [-0.05, 0) is 73.5 Å². The summed E-state index contributed by atoms with van der Waals surface area (Å²) < 4.78 is 32.5. The van der Waals surface area contributed by atoms with Crippen molar-refractivity contribution in [3.8, 4) is 34.5 Å². The minimum Gasteiger partial charge on any atom is -0.493 e. The molecule has 10 nitrogen and oxygen atoms in total. The molecular weight excluding hydrogens is 528 g/mol. The first-order chi connectivity index (χ1) is 18.7. The Bertz CT molecular complexity index is 1350. The lowest BCUT2D eigenvalue weighted by Gasteiger charge is -2.15. The Balaban J connectivity index is 1.67. The fraction of sp³-hybridized carbons (Fsp3) is 0.250. The number of methoxy groups -OCH3 is 4. The molecule has 206 valence electrons. The topological polar surface area (TPSA) is 114 Å². The smallest absolute Gasteiger partial charge is 0.343 e. The normalized spacial score (nSPS) is 11.5. The molecule has 0 saturated carbocycles. The van der Waals surface area contributed by atoms with E-state index < -0.39 is 18.0 Å². The molecule has 0 radical (unpaired) electrons. The zero-order chi connectivity index (χ0) is 28.5. The zero-order valence-electron chi connectivity index (χ0n) is 22.4. The van der Waals surface area contributed by atoms with E-state index in [0.29, 0.717) is 33.6 Å². The predicted octanol–water partition coefficient (Wildman–Crippen LogP) is 4.82. The van der Waals surface area contributed by atoms with Crippen molar-refractivity contribution in [3.63, 3.8) is 0 Å². The minimum atomic E-state index is -0.798. The summed E-state index contributed by atoms with van der Waals surface area (Å²) >= 11 is 5.96. The maximum Gasteiger partial charge on any atom is 0.343 e. The summed E-state index contributed by atoms with van der Waals surface area (Å²) in [5.41, 5.74) is 4.02. The number of nitrogens with zero attached hydrogens (tertiary/aromatic N) is 1. The van der Waals surface area contributed by atoms with Gasteiger partial charge in [0.1, 0.15) is 5.75 Å². The van der Waals surface area contributed by atoms with Crippen molar-refractivity contribution >= 4 is 29.7 Å². The van der Waals surface area contributed by atoms with E-state index in [0.717, 1.165) is 5.56 Å². The van der Waals surface area contributed by atoms with E-state index in [1.54, 1.807) is 43.3 Å². The van der Waals surface area contributed by atoms with Gasteiger partial charge in [-0.2, -0.15) is 5.10 Å². The minimum absolute atomic E-state index is 0.179. The van der Waals surface area contributed by atoms with Crippen LogP contribution in [0.15, 0.2) is 53.6 Å². The lowest BCUT2D eigenvalue weighted by atomic mass is 10.1. The first-order valence-corrected chi connectivity index (χ1v) is 12.0. The molecule has 1 unspecified atom stereocenters. The second-order valence-electron chi connectivity index (χ2n) is 8.12. The molecule has 1 atom stereocenters. The molecule has 0 heterocycles. The highest BCUT2D eigenvalue weighted by molar-refractivity contribution is 6.30. The van der Waals surface area contributed by atoms with Gasteiger partial charge in [0.05, 0.1) is 40.2 Å². The van der Waals surface area contributed by atoms with Gasteiger partial charge in [-0.15, -0.1) is 0 Å². The number of halogens is 1. The number of carbonyl (C=O) groups is 2. The average Bonchev–Trinajstić information content (AvgIpc) is 2.93. The van der Waals surface area contributed by atoms with Crippen molar-refractivity contribution in [3.05, 3.63) is 70.2 Å². The van der Waals surface area contributed by atoms with Gasteiger partial charge in [-0.3, -0.25) is 4.79 Å². The van der Waals surface area contributed by atoms with Crippen LogP contribution in [0.5, 0.6) is 34.5 Å². The summed E-state index contributed by atoms with van der Waals surface area (Å²) in [6, 6.07) is 12.9. The van der Waals surface area contributed by atoms with Crippen molar-refractivity contribution < 1.29 is 38.0 Å². The fourth-order valence-corrected chi connectivity index (χ4v) is 3.68. The fourth-order valence-electron chi connectivity index (χ4n) is 3.46. The van der Waals surface area contributed by atoms with Crippen LogP contribution >= 0.6 is 11.6 Å². The molecule has 0 aliphatic rings. The van der Waals surface area contributed by atoms with Crippen LogP contribution in [0.3, 0.4) is 0 Å². The van der Waals surface area contributed by atoms with E-state index in [-0.39, 0.29) is 17.1 Å². The molecule has 39 heavy (non-hydrogen) atoms. The van der Waals surface area contributed by atoms with Gasteiger partial charge < -0.3 is 28.4 Å². The highest BCUT2D eigenvalue weighted by Gasteiger charge is 2.20. The van der Waals surface area contributed by atoms with Crippen LogP contribution in [0.1, 0.15) is 28.4 Å². The van der Waals surface area contributed by atoms with E-state index in [1.807, 2.05) is 6.92 Å². The van der Waals surface area contributed by atoms with Crippen molar-refractivity contribution in [1.29, 1.82) is 0 Å². The van der Waals surface area contributed by atoms with Crippen LogP contribution in [-0.2, 0) is 4.79 Å². The van der Waals surface area contributed by atoms with Crippen LogP contribution in [0.4, 0.5) is 0 Å². The Morgan fingerprint density at radius 3 is 2.08 bits per heavy atom. The molecule has 0 aliphatic heterocycles. The van der Waals surface area contributed by atoms with Crippen molar-refractivity contribution in [2.45, 2.75) is 20.0 Å². The second kappa shape index (κ2) is 13.4. The van der Waals surface area contributed by atoms with Gasteiger partial charge in [0.25, 0.3) is 5.91 Å². The molecule has 0 fully saturated rings. The Kier molecular flexibility index (Phi) is 9.99. The summed E-state index contributed by atoms with van der Waals surface area (Å²) in [4.78, 5) is 25.3. The maximum atomic E-state index is 12.9. The van der Waals surface area contributed by atoms with E-state index >= 15 is 0 Å². The summed E-state index contributed by atoms with van der Waals surface area (Å²) in [6.45, 7) is 3.45. The molecule has 0 spiro atoms. The number of hydrazone groups is 1. The third kappa shape index (κ3) is 7.32. The zero-order valence-corrected chi connectivity index (χ0v) is 23.1. The Labute approximate surface area is 231 Å². The van der Waals surface area contributed by atoms with Crippen LogP contribution in [0.25, 0.3) is 0 Å². The van der Waals surface area contributed by atoms with Crippen molar-refractivity contribution in [2.24, 2.45) is 5.10 Å². The standard InChI is InChI=1S/C28H29ClN2O8/c1-16-11-20(29)8-10-21(16)38-17(2)27(32)31-30-15-18-7-9-22(23(12-18)34-3)39-28(33)19-13-24(35-4)26(37-6)25(14-19)36-5/h7-15,17H,1-6H3,(H,31,32)/b30-15+. The molecule has 3 aromatic carbocycles. The lowest BCUT2D eigenvalue weighted by Crippen LogP contribution is -2.33. The molecule has 0 aromatic heterocycles. The van der Waals surface area contributed by atoms with Gasteiger partial charge in [0.2, 0.25) is 5.75 Å². The number of ether oxygens (including phenoxy) is 6. The SMILES string of the molecule is COc1cc(/C=N/NC(=O)C(C)Oc2ccc(Cl)cc2C)ccc1OC(=O)c1cc(OC)c(OC)c(OC)c1. The highest BCUT2D eigenvalue weighted by Crippen LogP contribution is 2.39. The van der Waals surface area contributed by atoms with Crippen LogP contribution in [-0.4, -0.2) is 52.6 Å². The Morgan fingerprint density at radius 2 is 1.49 bits per heavy atom. The summed E-state index contributed by atoms with van der Waals surface area (Å²) in [5, 5.41) is 4.56. The quantitative estimate of drug-likeness (QED) is 0.155. The third-order valence-electron chi connectivity index (χ3n) is 5.49. The Hall–Kier alpha value is -4.44. The number of rotatable bonds is 11. The molecule has 3 aromatic rings. The van der Waals surface area contributed by atoms with Gasteiger partial charge >= 0.3 is 5.97 Å². The number of hydrogen-bond acceptors (Lipinski definition) is 9. The van der Waals surface area contributed by atoms with Gasteiger partial charge in [-0.1, -0.05) is 11.6 Å². The highest BCUT2D eigenvalue weighted by atomic mass is 35.5. The van der Waals surface area contributed by atoms with Crippen LogP contribution in [0, 0.1) is 6.92 Å². The number of nitrogens with one attached hydrogen (secondary N) is 1. The monoisotopic (exact) mass is 556 g/mol. The molecule has 1 N–H and O–H groups in total. The molecule has 0 bridgehead atoms. The first kappa shape index (κ1) is 29.1. The second-order valence-corrected chi connectivity index (χ2v) is 8.55. The summed E-state index contributed by atoms with van der Waals surface area (Å²) in [7, 11) is 5.81. The first-order valence-electron chi connectivity index (χ1n) is 11.7. The molecule has 1 amide bonds. The molecule has 11 heteroatoms. The number of amides is 1. The number of carbonyl (C=O) groups excluding carboxylic acids is 2. The molecule has 0 aliphatic carbocycles. The average molecular weight is 557 g/mol. The van der Waals surface area contributed by atoms with Gasteiger partial charge in [0, 0.05) is 5.02 Å². The molecule has 0 saturated heterocycles. The maximum absolute atomic E-state index is 12.9. The number of aryl methyl sites for hydroxylation is 1. The van der Waals surface area contributed by atoms with Gasteiger partial charge in [0.15, 0.2) is 29.1 Å². The molecular formula is C28H29ClN2O8. The molecule has 3 rings (SSSR count). The predicted molar refractivity (Wildman–Crippen MR) is 146 cm³/mol. The number of hydrogen-bond donors (Lipinski definition) is 1. The van der Waals surface area contributed by atoms with E-state index in [9.17, 15) is 9.59 Å². The van der Waals surface area contributed by atoms with Crippen LogP contribution in [0.2, 0.25) is 5.02 Å². The number of esters is 1. The van der Waals surface area contributed by atoms with E-state index in [4.69, 9.17) is 40.0 Å². The Morgan fingerprint density at radius 1 is 0.846 bits per heavy atom. The largest absolute Gasteiger partial charge is 0.493 e. The van der Waals surface area contributed by atoms with Crippen molar-refractivity contribution in [1.82, 2.24) is 5.43 Å². The van der Waals surface area contributed by atoms with E-state index in [1.165, 1.54) is 46.8 Å². The van der Waals surface area contributed by atoms with Gasteiger partial charge in [-0.25, -0.2) is 10.2 Å². The van der Waals surface area contributed by atoms with Crippen LogP contribution < -0.4 is 33.8 Å². The van der Waals surface area contributed by atoms with Crippen molar-refractivity contribution in [2.75, 3.05) is 28.4 Å². The van der Waals surface area contributed by atoms with E-state index in [2.05, 4.69) is 10.5 Å². The lowest BCUT2D eigenvalue weighted by molar-refractivity contribution is -0.127. The summed E-state index contributed by atoms with van der Waals surface area (Å²) in [6.07, 6.45) is 0.624. The summed E-state index contributed by atoms with van der Waals surface area (Å²) in [5.74, 6) is 0.881. The number of benzene rings is 3.